The third-order valence-electron chi connectivity index (χ3n) is 2.85. The quantitative estimate of drug-likeness (QED) is 0.592. The zero-order valence-electron chi connectivity index (χ0n) is 8.78. The van der Waals surface area contributed by atoms with Crippen LogP contribution in [0.3, 0.4) is 0 Å². The molecule has 0 aliphatic carbocycles. The van der Waals surface area contributed by atoms with Gasteiger partial charge in [0.15, 0.2) is 0 Å². The molecule has 0 aromatic heterocycles. The Morgan fingerprint density at radius 3 is 2.42 bits per heavy atom. The van der Waals surface area contributed by atoms with E-state index in [4.69, 9.17) is 0 Å². The Labute approximate surface area is 76.2 Å². The molecule has 1 N–H and O–H groups in total. The predicted octanol–water partition coefficient (Wildman–Crippen LogP) is 2.73. The van der Waals surface area contributed by atoms with Gasteiger partial charge in [-0.15, -0.1) is 0 Å². The van der Waals surface area contributed by atoms with Crippen molar-refractivity contribution in [3.05, 3.63) is 11.1 Å². The third-order valence-corrected chi connectivity index (χ3v) is 2.85. The smallest absolute Gasteiger partial charge is 0.0169 e. The van der Waals surface area contributed by atoms with Crippen molar-refractivity contribution in [3.63, 3.8) is 0 Å². The number of hydrogen-bond donors (Lipinski definition) is 1. The molecular formula is C11H21N. The summed E-state index contributed by atoms with van der Waals surface area (Å²) in [5.74, 6) is 0.781. The van der Waals surface area contributed by atoms with Crippen LogP contribution >= 0.6 is 0 Å². The van der Waals surface area contributed by atoms with E-state index in [1.165, 1.54) is 18.4 Å². The molecule has 1 nitrogen and oxygen atoms in total. The van der Waals surface area contributed by atoms with Gasteiger partial charge in [-0.1, -0.05) is 25.0 Å². The second kappa shape index (κ2) is 4.08. The van der Waals surface area contributed by atoms with Crippen molar-refractivity contribution in [2.45, 2.75) is 46.6 Å². The molecule has 1 heteroatoms. The van der Waals surface area contributed by atoms with Crippen LogP contribution in [0.5, 0.6) is 0 Å². The highest BCUT2D eigenvalue weighted by molar-refractivity contribution is 5.14. The first kappa shape index (κ1) is 9.79. The summed E-state index contributed by atoms with van der Waals surface area (Å²) in [6, 6.07) is 0.744. The molecule has 0 amide bonds. The summed E-state index contributed by atoms with van der Waals surface area (Å²) in [7, 11) is 0. The lowest BCUT2D eigenvalue weighted by Crippen LogP contribution is -2.39. The summed E-state index contributed by atoms with van der Waals surface area (Å²) in [4.78, 5) is 0. The van der Waals surface area contributed by atoms with E-state index in [1.54, 1.807) is 5.57 Å². The lowest BCUT2D eigenvalue weighted by molar-refractivity contribution is 0.359. The zero-order chi connectivity index (χ0) is 9.14. The van der Waals surface area contributed by atoms with Crippen LogP contribution in [0.2, 0.25) is 0 Å². The molecule has 1 aliphatic heterocycles. The van der Waals surface area contributed by atoms with E-state index in [0.717, 1.165) is 18.5 Å². The maximum Gasteiger partial charge on any atom is 0.0169 e. The number of allylic oxidation sites excluding steroid dienone is 1. The Kier molecular flexibility index (Phi) is 3.33. The van der Waals surface area contributed by atoms with Crippen molar-refractivity contribution < 1.29 is 0 Å². The van der Waals surface area contributed by atoms with Crippen molar-refractivity contribution in [2.24, 2.45) is 5.92 Å². The second-order valence-electron chi connectivity index (χ2n) is 4.37. The second-order valence-corrected chi connectivity index (χ2v) is 4.37. The normalized spacial score (nSPS) is 24.8. The Hall–Kier alpha value is -0.300. The molecule has 1 unspecified atom stereocenters. The Morgan fingerprint density at radius 1 is 1.42 bits per heavy atom. The minimum absolute atomic E-state index is 0.744. The van der Waals surface area contributed by atoms with Gasteiger partial charge in [0.25, 0.3) is 0 Å². The van der Waals surface area contributed by atoms with Gasteiger partial charge in [0.05, 0.1) is 0 Å². The van der Waals surface area contributed by atoms with Crippen LogP contribution < -0.4 is 5.32 Å². The first-order valence-electron chi connectivity index (χ1n) is 5.00. The van der Waals surface area contributed by atoms with E-state index in [2.05, 4.69) is 33.0 Å². The summed E-state index contributed by atoms with van der Waals surface area (Å²) in [5, 5.41) is 3.59. The summed E-state index contributed by atoms with van der Waals surface area (Å²) >= 11 is 0. The van der Waals surface area contributed by atoms with Gasteiger partial charge < -0.3 is 5.32 Å². The minimum atomic E-state index is 0.744. The van der Waals surface area contributed by atoms with Crippen molar-refractivity contribution in [2.75, 3.05) is 6.54 Å². The molecule has 12 heavy (non-hydrogen) atoms. The van der Waals surface area contributed by atoms with E-state index in [9.17, 15) is 0 Å². The van der Waals surface area contributed by atoms with Crippen LogP contribution in [-0.4, -0.2) is 12.6 Å². The molecule has 1 heterocycles. The molecule has 1 rings (SSSR count). The molecule has 0 aromatic carbocycles. The molecule has 0 radical (unpaired) electrons. The first-order valence-corrected chi connectivity index (χ1v) is 5.00. The van der Waals surface area contributed by atoms with Crippen LogP contribution in [0, 0.1) is 5.92 Å². The number of rotatable bonds is 1. The maximum atomic E-state index is 3.59. The van der Waals surface area contributed by atoms with Crippen LogP contribution in [-0.2, 0) is 0 Å². The SMILES string of the molecule is CC(C)=C1CCC(C(C)C)NC1. The van der Waals surface area contributed by atoms with Crippen LogP contribution in [0.4, 0.5) is 0 Å². The molecule has 1 saturated heterocycles. The van der Waals surface area contributed by atoms with Gasteiger partial charge in [0.1, 0.15) is 0 Å². The summed E-state index contributed by atoms with van der Waals surface area (Å²) in [5.41, 5.74) is 3.12. The highest BCUT2D eigenvalue weighted by Gasteiger charge is 2.18. The topological polar surface area (TPSA) is 12.0 Å². The van der Waals surface area contributed by atoms with E-state index < -0.39 is 0 Å². The van der Waals surface area contributed by atoms with Crippen LogP contribution in [0.15, 0.2) is 11.1 Å². The molecule has 1 aliphatic rings. The van der Waals surface area contributed by atoms with E-state index in [0.29, 0.717) is 0 Å². The van der Waals surface area contributed by atoms with Crippen molar-refractivity contribution >= 4 is 0 Å². The van der Waals surface area contributed by atoms with E-state index in [-0.39, 0.29) is 0 Å². The zero-order valence-corrected chi connectivity index (χ0v) is 8.78. The average molecular weight is 167 g/mol. The van der Waals surface area contributed by atoms with E-state index in [1.807, 2.05) is 0 Å². The van der Waals surface area contributed by atoms with Crippen LogP contribution in [0.1, 0.15) is 40.5 Å². The monoisotopic (exact) mass is 167 g/mol. The predicted molar refractivity (Wildman–Crippen MR) is 54.2 cm³/mol. The number of nitrogens with one attached hydrogen (secondary N) is 1. The van der Waals surface area contributed by atoms with Crippen molar-refractivity contribution in [1.82, 2.24) is 5.32 Å². The highest BCUT2D eigenvalue weighted by atomic mass is 14.9. The Balaban J connectivity index is 2.45. The maximum absolute atomic E-state index is 3.59. The molecular weight excluding hydrogens is 146 g/mol. The fourth-order valence-electron chi connectivity index (χ4n) is 1.77. The number of piperidine rings is 1. The van der Waals surface area contributed by atoms with E-state index >= 15 is 0 Å². The molecule has 0 bridgehead atoms. The number of hydrogen-bond acceptors (Lipinski definition) is 1. The molecule has 0 aromatic rings. The van der Waals surface area contributed by atoms with Crippen molar-refractivity contribution in [3.8, 4) is 0 Å². The minimum Gasteiger partial charge on any atom is -0.310 e. The summed E-state index contributed by atoms with van der Waals surface area (Å²) in [6.45, 7) is 10.1. The first-order chi connectivity index (χ1) is 5.61. The molecule has 1 fully saturated rings. The lowest BCUT2D eigenvalue weighted by atomic mass is 9.91. The lowest BCUT2D eigenvalue weighted by Gasteiger charge is -2.29. The molecule has 1 atom stereocenters. The summed E-state index contributed by atoms with van der Waals surface area (Å²) in [6.07, 6.45) is 2.62. The third kappa shape index (κ3) is 2.34. The largest absolute Gasteiger partial charge is 0.310 e. The molecule has 70 valence electrons. The fraction of sp³-hybridized carbons (Fsp3) is 0.818. The Morgan fingerprint density at radius 2 is 2.08 bits per heavy atom. The van der Waals surface area contributed by atoms with Gasteiger partial charge in [-0.25, -0.2) is 0 Å². The fourth-order valence-corrected chi connectivity index (χ4v) is 1.77. The van der Waals surface area contributed by atoms with Gasteiger partial charge in [-0.2, -0.15) is 0 Å². The molecule has 0 spiro atoms. The standard InChI is InChI=1S/C11H21N/c1-8(2)10-5-6-11(9(3)4)12-7-10/h9,11-12H,5-7H2,1-4H3. The van der Waals surface area contributed by atoms with Gasteiger partial charge in [0, 0.05) is 12.6 Å². The summed E-state index contributed by atoms with van der Waals surface area (Å²) < 4.78 is 0. The van der Waals surface area contributed by atoms with Gasteiger partial charge in [0.2, 0.25) is 0 Å². The van der Waals surface area contributed by atoms with Gasteiger partial charge >= 0.3 is 0 Å². The van der Waals surface area contributed by atoms with Gasteiger partial charge in [-0.05, 0) is 32.6 Å². The molecule has 0 saturated carbocycles. The van der Waals surface area contributed by atoms with Crippen LogP contribution in [0.25, 0.3) is 0 Å². The average Bonchev–Trinajstić information content (AvgIpc) is 2.04. The van der Waals surface area contributed by atoms with Crippen molar-refractivity contribution in [1.29, 1.82) is 0 Å². The highest BCUT2D eigenvalue weighted by Crippen LogP contribution is 2.20. The Bertz CT molecular complexity index is 165. The van der Waals surface area contributed by atoms with Gasteiger partial charge in [-0.3, -0.25) is 0 Å².